The Morgan fingerprint density at radius 1 is 1.08 bits per heavy atom. The van der Waals surface area contributed by atoms with Crippen molar-refractivity contribution in [3.8, 4) is 5.69 Å². The molecule has 5 nitrogen and oxygen atoms in total. The zero-order valence-electron chi connectivity index (χ0n) is 14.0. The summed E-state index contributed by atoms with van der Waals surface area (Å²) in [5, 5.41) is 3.40. The normalized spacial score (nSPS) is 11.3. The van der Waals surface area contributed by atoms with Gasteiger partial charge >= 0.3 is 0 Å². The van der Waals surface area contributed by atoms with Crippen molar-refractivity contribution in [3.63, 3.8) is 0 Å². The summed E-state index contributed by atoms with van der Waals surface area (Å²) in [5.74, 6) is -0.315. The monoisotopic (exact) mass is 388 g/mol. The highest BCUT2D eigenvalue weighted by molar-refractivity contribution is 7.91. The second kappa shape index (κ2) is 7.35. The lowest BCUT2D eigenvalue weighted by Crippen LogP contribution is -2.14. The number of nitrogens with zero attached hydrogens (tertiary/aromatic N) is 1. The van der Waals surface area contributed by atoms with Gasteiger partial charge in [-0.2, -0.15) is 0 Å². The minimum Gasteiger partial charge on any atom is -0.322 e. The molecule has 0 saturated carbocycles. The summed E-state index contributed by atoms with van der Waals surface area (Å²) in [4.78, 5) is 12.8. The van der Waals surface area contributed by atoms with E-state index in [-0.39, 0.29) is 16.6 Å². The van der Waals surface area contributed by atoms with E-state index >= 15 is 0 Å². The number of halogens is 1. The molecule has 0 saturated heterocycles. The Morgan fingerprint density at radius 2 is 1.73 bits per heavy atom. The third-order valence-corrected chi connectivity index (χ3v) is 5.93. The molecule has 26 heavy (non-hydrogen) atoms. The number of rotatable bonds is 5. The van der Waals surface area contributed by atoms with Crippen LogP contribution >= 0.6 is 11.6 Å². The summed E-state index contributed by atoms with van der Waals surface area (Å²) < 4.78 is 25.6. The second-order valence-corrected chi connectivity index (χ2v) is 8.35. The van der Waals surface area contributed by atoms with Crippen molar-refractivity contribution in [1.82, 2.24) is 4.57 Å². The number of benzene rings is 2. The highest BCUT2D eigenvalue weighted by Crippen LogP contribution is 2.25. The van der Waals surface area contributed by atoms with Crippen LogP contribution in [-0.4, -0.2) is 24.6 Å². The molecule has 0 atom stereocenters. The molecule has 0 spiro atoms. The van der Waals surface area contributed by atoms with Gasteiger partial charge in [-0.05, 0) is 54.6 Å². The minimum atomic E-state index is -3.29. The molecule has 2 aromatic carbocycles. The summed E-state index contributed by atoms with van der Waals surface area (Å²) >= 11 is 6.08. The molecule has 0 radical (unpaired) electrons. The molecule has 1 aromatic heterocycles. The van der Waals surface area contributed by atoms with Crippen molar-refractivity contribution in [2.75, 3.05) is 11.1 Å². The fourth-order valence-electron chi connectivity index (χ4n) is 2.49. The number of hydrogen-bond acceptors (Lipinski definition) is 3. The van der Waals surface area contributed by atoms with Crippen molar-refractivity contribution in [3.05, 3.63) is 77.6 Å². The molecule has 0 bridgehead atoms. The lowest BCUT2D eigenvalue weighted by Gasteiger charge is -2.13. The molecule has 0 aliphatic rings. The molecule has 1 amide bonds. The first-order valence-corrected chi connectivity index (χ1v) is 10.0. The highest BCUT2D eigenvalue weighted by atomic mass is 35.5. The van der Waals surface area contributed by atoms with E-state index in [2.05, 4.69) is 5.32 Å². The largest absolute Gasteiger partial charge is 0.322 e. The van der Waals surface area contributed by atoms with Crippen LogP contribution in [0.5, 0.6) is 0 Å². The average Bonchev–Trinajstić information content (AvgIpc) is 3.17. The van der Waals surface area contributed by atoms with E-state index in [0.29, 0.717) is 16.3 Å². The van der Waals surface area contributed by atoms with Gasteiger partial charge in [-0.3, -0.25) is 4.79 Å². The number of carbonyl (C=O) groups is 1. The molecule has 3 rings (SSSR count). The molecule has 7 heteroatoms. The predicted octanol–water partition coefficient (Wildman–Crippen LogP) is 4.18. The molecule has 0 unspecified atom stereocenters. The van der Waals surface area contributed by atoms with Gasteiger partial charge in [-0.25, -0.2) is 8.42 Å². The summed E-state index contributed by atoms with van der Waals surface area (Å²) in [6.45, 7) is 1.58. The van der Waals surface area contributed by atoms with Crippen LogP contribution in [0.1, 0.15) is 17.3 Å². The van der Waals surface area contributed by atoms with E-state index in [1.807, 2.05) is 29.1 Å². The standard InChI is InChI=1S/C19H17ClN2O3S/c1-2-26(24,25)16-8-5-14(6-9-16)19(23)21-17-10-7-15(20)13-18(17)22-11-3-4-12-22/h3-13H,2H2,1H3,(H,21,23). The van der Waals surface area contributed by atoms with Crippen molar-refractivity contribution in [2.45, 2.75) is 11.8 Å². The smallest absolute Gasteiger partial charge is 0.255 e. The topological polar surface area (TPSA) is 68.2 Å². The van der Waals surface area contributed by atoms with Crippen LogP contribution in [0.3, 0.4) is 0 Å². The number of hydrogen-bond donors (Lipinski definition) is 1. The maximum absolute atomic E-state index is 12.5. The molecule has 1 N–H and O–H groups in total. The number of nitrogens with one attached hydrogen (secondary N) is 1. The van der Waals surface area contributed by atoms with Crippen molar-refractivity contribution < 1.29 is 13.2 Å². The maximum Gasteiger partial charge on any atom is 0.255 e. The highest BCUT2D eigenvalue weighted by Gasteiger charge is 2.14. The van der Waals surface area contributed by atoms with Gasteiger partial charge in [0.2, 0.25) is 0 Å². The van der Waals surface area contributed by atoms with E-state index in [1.54, 1.807) is 25.1 Å². The van der Waals surface area contributed by atoms with Gasteiger partial charge < -0.3 is 9.88 Å². The molecular weight excluding hydrogens is 372 g/mol. The van der Waals surface area contributed by atoms with Crippen LogP contribution < -0.4 is 5.32 Å². The SMILES string of the molecule is CCS(=O)(=O)c1ccc(C(=O)Nc2ccc(Cl)cc2-n2cccc2)cc1. The summed E-state index contributed by atoms with van der Waals surface area (Å²) in [6.07, 6.45) is 3.71. The van der Waals surface area contributed by atoms with Crippen LogP contribution in [-0.2, 0) is 9.84 Å². The van der Waals surface area contributed by atoms with Crippen LogP contribution in [0.4, 0.5) is 5.69 Å². The Kier molecular flexibility index (Phi) is 5.15. The molecule has 0 aliphatic heterocycles. The van der Waals surface area contributed by atoms with Crippen LogP contribution in [0.2, 0.25) is 5.02 Å². The lowest BCUT2D eigenvalue weighted by atomic mass is 10.2. The summed E-state index contributed by atoms with van der Waals surface area (Å²) in [5.41, 5.74) is 1.70. The van der Waals surface area contributed by atoms with Gasteiger partial charge in [0.1, 0.15) is 0 Å². The van der Waals surface area contributed by atoms with Crippen LogP contribution in [0.15, 0.2) is 71.9 Å². The molecule has 3 aromatic rings. The zero-order chi connectivity index (χ0) is 18.7. The van der Waals surface area contributed by atoms with Crippen molar-refractivity contribution in [1.29, 1.82) is 0 Å². The third-order valence-electron chi connectivity index (χ3n) is 3.95. The third kappa shape index (κ3) is 3.81. The zero-order valence-corrected chi connectivity index (χ0v) is 15.6. The fourth-order valence-corrected chi connectivity index (χ4v) is 3.54. The molecule has 134 valence electrons. The molecule has 0 aliphatic carbocycles. The minimum absolute atomic E-state index is 0.0174. The Morgan fingerprint density at radius 3 is 2.35 bits per heavy atom. The number of anilines is 1. The predicted molar refractivity (Wildman–Crippen MR) is 103 cm³/mol. The first kappa shape index (κ1) is 18.2. The second-order valence-electron chi connectivity index (χ2n) is 5.63. The lowest BCUT2D eigenvalue weighted by molar-refractivity contribution is 0.102. The van der Waals surface area contributed by atoms with Crippen LogP contribution in [0, 0.1) is 0 Å². The van der Waals surface area contributed by atoms with E-state index < -0.39 is 9.84 Å². The molecule has 1 heterocycles. The van der Waals surface area contributed by atoms with Crippen LogP contribution in [0.25, 0.3) is 5.69 Å². The van der Waals surface area contributed by atoms with Gasteiger partial charge in [0.15, 0.2) is 9.84 Å². The first-order chi connectivity index (χ1) is 12.4. The van der Waals surface area contributed by atoms with E-state index in [1.165, 1.54) is 24.3 Å². The Hall–Kier alpha value is -2.57. The fraction of sp³-hybridized carbons (Fsp3) is 0.105. The van der Waals surface area contributed by atoms with Crippen molar-refractivity contribution in [2.24, 2.45) is 0 Å². The number of sulfone groups is 1. The number of amides is 1. The molecule has 0 fully saturated rings. The Labute approximate surface area is 157 Å². The number of aromatic nitrogens is 1. The molecular formula is C19H17ClN2O3S. The number of carbonyl (C=O) groups excluding carboxylic acids is 1. The Balaban J connectivity index is 1.87. The summed E-state index contributed by atoms with van der Waals surface area (Å²) in [7, 11) is -3.29. The quantitative estimate of drug-likeness (QED) is 0.713. The van der Waals surface area contributed by atoms with Gasteiger partial charge in [-0.15, -0.1) is 0 Å². The van der Waals surface area contributed by atoms with E-state index in [4.69, 9.17) is 11.6 Å². The van der Waals surface area contributed by atoms with Gasteiger partial charge in [0, 0.05) is 23.0 Å². The average molecular weight is 389 g/mol. The first-order valence-electron chi connectivity index (χ1n) is 7.98. The van der Waals surface area contributed by atoms with Gasteiger partial charge in [-0.1, -0.05) is 18.5 Å². The maximum atomic E-state index is 12.5. The van der Waals surface area contributed by atoms with Gasteiger partial charge in [0.25, 0.3) is 5.91 Å². The summed E-state index contributed by atoms with van der Waals surface area (Å²) in [6, 6.07) is 14.8. The van der Waals surface area contributed by atoms with Crippen molar-refractivity contribution >= 4 is 33.0 Å². The van der Waals surface area contributed by atoms with Gasteiger partial charge in [0.05, 0.1) is 22.0 Å². The van der Waals surface area contributed by atoms with E-state index in [9.17, 15) is 13.2 Å². The van der Waals surface area contributed by atoms with E-state index in [0.717, 1.165) is 5.69 Å². The Bertz CT molecular complexity index is 1030.